The smallest absolute Gasteiger partial charge is 0.123 e. The Morgan fingerprint density at radius 2 is 1.90 bits per heavy atom. The van der Waals surface area contributed by atoms with E-state index in [4.69, 9.17) is 10.7 Å². The predicted molar refractivity (Wildman–Crippen MR) is 87.1 cm³/mol. The number of benzene rings is 1. The number of fused-ring (bicyclic) bond motifs is 1. The monoisotopic (exact) mass is 298 g/mol. The maximum Gasteiger partial charge on any atom is 0.123 e. The van der Waals surface area contributed by atoms with Crippen LogP contribution < -0.4 is 5.73 Å². The van der Waals surface area contributed by atoms with Gasteiger partial charge in [0.25, 0.3) is 0 Å². The van der Waals surface area contributed by atoms with Crippen molar-refractivity contribution in [2.75, 3.05) is 0 Å². The molecule has 2 heterocycles. The molecule has 0 bridgehead atoms. The summed E-state index contributed by atoms with van der Waals surface area (Å²) in [5, 5.41) is 1.01. The molecule has 0 aliphatic heterocycles. The summed E-state index contributed by atoms with van der Waals surface area (Å²) in [5.74, 6) is 0.577. The Hall–Kier alpha value is -1.85. The third-order valence-electron chi connectivity index (χ3n) is 3.28. The van der Waals surface area contributed by atoms with E-state index in [-0.39, 0.29) is 0 Å². The fourth-order valence-electron chi connectivity index (χ4n) is 2.31. The molecule has 0 atom stereocenters. The summed E-state index contributed by atoms with van der Waals surface area (Å²) in [6, 6.07) is 6.08. The molecule has 0 radical (unpaired) electrons. The molecular formula is C16H18N4S. The lowest BCUT2D eigenvalue weighted by Gasteiger charge is -2.02. The standard InChI is InChI=1S/C16H18N4S/c1-10(2)7-14-15(9-17)21-16(20-14)11-3-4-12-13(8-11)19-6-5-18-12/h3-6,8,10H,7,9,17H2,1-2H3. The van der Waals surface area contributed by atoms with Gasteiger partial charge in [-0.2, -0.15) is 0 Å². The van der Waals surface area contributed by atoms with E-state index in [0.29, 0.717) is 12.5 Å². The van der Waals surface area contributed by atoms with Crippen LogP contribution in [0.25, 0.3) is 21.6 Å². The Morgan fingerprint density at radius 1 is 1.14 bits per heavy atom. The first-order valence-electron chi connectivity index (χ1n) is 7.07. The van der Waals surface area contributed by atoms with E-state index in [1.165, 1.54) is 4.88 Å². The molecule has 5 heteroatoms. The Balaban J connectivity index is 2.03. The molecule has 0 aliphatic carbocycles. The molecule has 0 spiro atoms. The molecule has 1 aromatic carbocycles. The normalized spacial score (nSPS) is 11.4. The van der Waals surface area contributed by atoms with Crippen LogP contribution in [0.5, 0.6) is 0 Å². The van der Waals surface area contributed by atoms with Crippen LogP contribution in [-0.2, 0) is 13.0 Å². The van der Waals surface area contributed by atoms with E-state index >= 15 is 0 Å². The van der Waals surface area contributed by atoms with Gasteiger partial charge in [0.05, 0.1) is 16.7 Å². The second-order valence-corrected chi connectivity index (χ2v) is 6.53. The van der Waals surface area contributed by atoms with Crippen molar-refractivity contribution in [1.29, 1.82) is 0 Å². The van der Waals surface area contributed by atoms with E-state index < -0.39 is 0 Å². The summed E-state index contributed by atoms with van der Waals surface area (Å²) in [6.45, 7) is 4.95. The molecule has 3 rings (SSSR count). The third kappa shape index (κ3) is 2.94. The minimum atomic E-state index is 0.549. The van der Waals surface area contributed by atoms with Crippen LogP contribution in [0.4, 0.5) is 0 Å². The molecule has 0 aliphatic rings. The maximum atomic E-state index is 5.86. The third-order valence-corrected chi connectivity index (χ3v) is 4.45. The summed E-state index contributed by atoms with van der Waals surface area (Å²) >= 11 is 1.68. The van der Waals surface area contributed by atoms with Crippen LogP contribution in [0.15, 0.2) is 30.6 Å². The van der Waals surface area contributed by atoms with Gasteiger partial charge in [-0.3, -0.25) is 9.97 Å². The minimum Gasteiger partial charge on any atom is -0.326 e. The average molecular weight is 298 g/mol. The number of nitrogens with zero attached hydrogens (tertiary/aromatic N) is 3. The second kappa shape index (κ2) is 5.87. The molecule has 108 valence electrons. The largest absolute Gasteiger partial charge is 0.326 e. The number of nitrogens with two attached hydrogens (primary N) is 1. The quantitative estimate of drug-likeness (QED) is 0.801. The van der Waals surface area contributed by atoms with Gasteiger partial charge in [0, 0.05) is 29.4 Å². The van der Waals surface area contributed by atoms with Gasteiger partial charge in [0.1, 0.15) is 5.01 Å². The topological polar surface area (TPSA) is 64.7 Å². The van der Waals surface area contributed by atoms with Gasteiger partial charge in [-0.05, 0) is 30.5 Å². The molecule has 21 heavy (non-hydrogen) atoms. The van der Waals surface area contributed by atoms with Crippen LogP contribution in [0.3, 0.4) is 0 Å². The predicted octanol–water partition coefficient (Wildman–Crippen LogP) is 3.41. The lowest BCUT2D eigenvalue weighted by Crippen LogP contribution is -2.01. The van der Waals surface area contributed by atoms with Crippen molar-refractivity contribution in [3.8, 4) is 10.6 Å². The van der Waals surface area contributed by atoms with Gasteiger partial charge in [0.15, 0.2) is 0 Å². The van der Waals surface area contributed by atoms with Crippen LogP contribution in [-0.4, -0.2) is 15.0 Å². The van der Waals surface area contributed by atoms with Crippen LogP contribution >= 0.6 is 11.3 Å². The average Bonchev–Trinajstić information content (AvgIpc) is 2.89. The molecule has 2 aromatic heterocycles. The van der Waals surface area contributed by atoms with Crippen LogP contribution in [0.1, 0.15) is 24.4 Å². The Kier molecular flexibility index (Phi) is 3.94. The summed E-state index contributed by atoms with van der Waals surface area (Å²) in [6.07, 6.45) is 4.39. The SMILES string of the molecule is CC(C)Cc1nc(-c2ccc3nccnc3c2)sc1CN. The Morgan fingerprint density at radius 3 is 2.62 bits per heavy atom. The van der Waals surface area contributed by atoms with E-state index in [9.17, 15) is 0 Å². The maximum absolute atomic E-state index is 5.86. The molecule has 2 N–H and O–H groups in total. The van der Waals surface area contributed by atoms with Gasteiger partial charge in [0.2, 0.25) is 0 Å². The number of hydrogen-bond acceptors (Lipinski definition) is 5. The van der Waals surface area contributed by atoms with Crippen molar-refractivity contribution in [1.82, 2.24) is 15.0 Å². The van der Waals surface area contributed by atoms with E-state index in [2.05, 4.69) is 29.9 Å². The molecule has 0 saturated heterocycles. The van der Waals surface area contributed by atoms with Crippen molar-refractivity contribution < 1.29 is 0 Å². The summed E-state index contributed by atoms with van der Waals surface area (Å²) in [5.41, 5.74) is 9.86. The zero-order valence-corrected chi connectivity index (χ0v) is 13.0. The van der Waals surface area contributed by atoms with Gasteiger partial charge >= 0.3 is 0 Å². The fourth-order valence-corrected chi connectivity index (χ4v) is 3.27. The number of aromatic nitrogens is 3. The van der Waals surface area contributed by atoms with E-state index in [1.54, 1.807) is 23.7 Å². The van der Waals surface area contributed by atoms with E-state index in [1.807, 2.05) is 12.1 Å². The van der Waals surface area contributed by atoms with E-state index in [0.717, 1.165) is 33.7 Å². The van der Waals surface area contributed by atoms with Gasteiger partial charge in [-0.15, -0.1) is 11.3 Å². The summed E-state index contributed by atoms with van der Waals surface area (Å²) in [4.78, 5) is 14.6. The van der Waals surface area contributed by atoms with Crippen LogP contribution in [0, 0.1) is 5.92 Å². The minimum absolute atomic E-state index is 0.549. The highest BCUT2D eigenvalue weighted by molar-refractivity contribution is 7.15. The first-order valence-corrected chi connectivity index (χ1v) is 7.89. The molecule has 0 amide bonds. The summed E-state index contributed by atoms with van der Waals surface area (Å²) < 4.78 is 0. The highest BCUT2D eigenvalue weighted by Gasteiger charge is 2.13. The van der Waals surface area contributed by atoms with Crippen molar-refractivity contribution in [2.24, 2.45) is 11.7 Å². The van der Waals surface area contributed by atoms with Crippen molar-refractivity contribution in [3.63, 3.8) is 0 Å². The summed E-state index contributed by atoms with van der Waals surface area (Å²) in [7, 11) is 0. The Bertz CT molecular complexity index is 764. The number of rotatable bonds is 4. The first kappa shape index (κ1) is 14.1. The molecular weight excluding hydrogens is 280 g/mol. The van der Waals surface area contributed by atoms with Crippen molar-refractivity contribution in [2.45, 2.75) is 26.8 Å². The highest BCUT2D eigenvalue weighted by Crippen LogP contribution is 2.30. The lowest BCUT2D eigenvalue weighted by molar-refractivity contribution is 0.634. The first-order chi connectivity index (χ1) is 10.2. The molecule has 0 unspecified atom stereocenters. The molecule has 0 saturated carbocycles. The number of hydrogen-bond donors (Lipinski definition) is 1. The van der Waals surface area contributed by atoms with Crippen molar-refractivity contribution in [3.05, 3.63) is 41.2 Å². The van der Waals surface area contributed by atoms with Gasteiger partial charge in [-0.1, -0.05) is 13.8 Å². The van der Waals surface area contributed by atoms with Gasteiger partial charge < -0.3 is 5.73 Å². The Labute approximate surface area is 128 Å². The second-order valence-electron chi connectivity index (χ2n) is 5.45. The number of thiazole rings is 1. The molecule has 4 nitrogen and oxygen atoms in total. The van der Waals surface area contributed by atoms with Crippen molar-refractivity contribution >= 4 is 22.4 Å². The zero-order valence-electron chi connectivity index (χ0n) is 12.2. The van der Waals surface area contributed by atoms with Gasteiger partial charge in [-0.25, -0.2) is 4.98 Å². The molecule has 3 aromatic rings. The fraction of sp³-hybridized carbons (Fsp3) is 0.312. The highest BCUT2D eigenvalue weighted by atomic mass is 32.1. The lowest BCUT2D eigenvalue weighted by atomic mass is 10.1. The van der Waals surface area contributed by atoms with Crippen LogP contribution in [0.2, 0.25) is 0 Å². The molecule has 0 fully saturated rings. The zero-order chi connectivity index (χ0) is 14.8.